The number of carbonyl (C=O) groups is 1. The van der Waals surface area contributed by atoms with Crippen molar-refractivity contribution in [3.8, 4) is 5.75 Å². The molecule has 0 bridgehead atoms. The van der Waals surface area contributed by atoms with Gasteiger partial charge in [-0.25, -0.2) is 8.42 Å². The number of ether oxygens (including phenoxy) is 1. The molecule has 6 nitrogen and oxygen atoms in total. The molecule has 0 aromatic heterocycles. The number of alkyl halides is 2. The number of hydrogen-bond donors (Lipinski definition) is 1. The third-order valence-corrected chi connectivity index (χ3v) is 5.38. The van der Waals surface area contributed by atoms with Crippen LogP contribution in [0.15, 0.2) is 29.2 Å². The lowest BCUT2D eigenvalue weighted by Crippen LogP contribution is -2.49. The van der Waals surface area contributed by atoms with E-state index in [9.17, 15) is 22.0 Å². The number of sulfonamides is 1. The molecule has 1 N–H and O–H groups in total. The molecule has 1 amide bonds. The van der Waals surface area contributed by atoms with E-state index >= 15 is 0 Å². The highest BCUT2D eigenvalue weighted by Gasteiger charge is 2.32. The number of hydrogen-bond acceptors (Lipinski definition) is 4. The summed E-state index contributed by atoms with van der Waals surface area (Å²) in [5, 5.41) is 2.69. The SMILES string of the molecule is CC(=O)N[C@H]1CCCN(S(=O)(=O)c2ccccc2OC(F)F)C1. The van der Waals surface area contributed by atoms with Crippen molar-refractivity contribution in [2.24, 2.45) is 0 Å². The van der Waals surface area contributed by atoms with Crippen molar-refractivity contribution in [2.45, 2.75) is 37.3 Å². The van der Waals surface area contributed by atoms with E-state index in [1.54, 1.807) is 0 Å². The molecule has 128 valence electrons. The largest absolute Gasteiger partial charge is 0.433 e. The van der Waals surface area contributed by atoms with E-state index < -0.39 is 16.6 Å². The summed E-state index contributed by atoms with van der Waals surface area (Å²) in [7, 11) is -3.98. The van der Waals surface area contributed by atoms with Gasteiger partial charge >= 0.3 is 6.61 Å². The average Bonchev–Trinajstić information content (AvgIpc) is 2.46. The molecule has 0 radical (unpaired) electrons. The minimum atomic E-state index is -3.98. The van der Waals surface area contributed by atoms with Gasteiger partial charge in [0.1, 0.15) is 10.6 Å². The molecular formula is C14H18F2N2O4S. The molecule has 23 heavy (non-hydrogen) atoms. The van der Waals surface area contributed by atoms with E-state index in [-0.39, 0.29) is 35.7 Å². The maximum Gasteiger partial charge on any atom is 0.387 e. The van der Waals surface area contributed by atoms with Crippen molar-refractivity contribution in [1.82, 2.24) is 9.62 Å². The third-order valence-electron chi connectivity index (χ3n) is 3.47. The molecule has 2 rings (SSSR count). The number of nitrogens with one attached hydrogen (secondary N) is 1. The minimum Gasteiger partial charge on any atom is -0.433 e. The molecule has 1 atom stereocenters. The lowest BCUT2D eigenvalue weighted by molar-refractivity contribution is -0.119. The molecule has 1 fully saturated rings. The van der Waals surface area contributed by atoms with Gasteiger partial charge in [-0.1, -0.05) is 12.1 Å². The summed E-state index contributed by atoms with van der Waals surface area (Å²) in [5.74, 6) is -0.625. The Balaban J connectivity index is 2.26. The van der Waals surface area contributed by atoms with Crippen LogP contribution in [0.25, 0.3) is 0 Å². The van der Waals surface area contributed by atoms with E-state index in [4.69, 9.17) is 0 Å². The van der Waals surface area contributed by atoms with E-state index in [1.165, 1.54) is 35.5 Å². The summed E-state index contributed by atoms with van der Waals surface area (Å²) < 4.78 is 55.8. The van der Waals surface area contributed by atoms with Gasteiger partial charge < -0.3 is 10.1 Å². The zero-order valence-corrected chi connectivity index (χ0v) is 13.4. The Labute approximate surface area is 133 Å². The topological polar surface area (TPSA) is 75.7 Å². The standard InChI is InChI=1S/C14H18F2N2O4S/c1-10(19)17-11-5-4-8-18(9-11)23(20,21)13-7-3-2-6-12(13)22-14(15)16/h2-3,6-7,11,14H,4-5,8-9H2,1H3,(H,17,19)/t11-/m0/s1. The van der Waals surface area contributed by atoms with Crippen LogP contribution >= 0.6 is 0 Å². The maximum absolute atomic E-state index is 12.7. The molecule has 1 aromatic rings. The van der Waals surface area contributed by atoms with Gasteiger partial charge in [0, 0.05) is 26.1 Å². The Morgan fingerprint density at radius 2 is 2.09 bits per heavy atom. The van der Waals surface area contributed by atoms with Gasteiger partial charge in [0.25, 0.3) is 0 Å². The Kier molecular flexibility index (Phi) is 5.53. The zero-order valence-electron chi connectivity index (χ0n) is 12.5. The number of amides is 1. The number of para-hydroxylation sites is 1. The zero-order chi connectivity index (χ0) is 17.0. The first-order valence-corrected chi connectivity index (χ1v) is 8.56. The molecule has 1 aliphatic rings. The monoisotopic (exact) mass is 348 g/mol. The van der Waals surface area contributed by atoms with Crippen LogP contribution in [0.1, 0.15) is 19.8 Å². The molecule has 1 aromatic carbocycles. The first kappa shape index (κ1) is 17.6. The molecule has 1 aliphatic heterocycles. The van der Waals surface area contributed by atoms with Crippen molar-refractivity contribution in [3.05, 3.63) is 24.3 Å². The van der Waals surface area contributed by atoms with Gasteiger partial charge in [-0.15, -0.1) is 0 Å². The normalized spacial score (nSPS) is 19.6. The van der Waals surface area contributed by atoms with Gasteiger partial charge in [-0.2, -0.15) is 13.1 Å². The molecular weight excluding hydrogens is 330 g/mol. The number of benzene rings is 1. The van der Waals surface area contributed by atoms with Crippen molar-refractivity contribution in [2.75, 3.05) is 13.1 Å². The van der Waals surface area contributed by atoms with E-state index in [0.717, 1.165) is 0 Å². The van der Waals surface area contributed by atoms with Gasteiger partial charge in [0.05, 0.1) is 0 Å². The highest BCUT2D eigenvalue weighted by atomic mass is 32.2. The van der Waals surface area contributed by atoms with Crippen LogP contribution in [-0.2, 0) is 14.8 Å². The first-order chi connectivity index (χ1) is 10.8. The van der Waals surface area contributed by atoms with Crippen molar-refractivity contribution >= 4 is 15.9 Å². The van der Waals surface area contributed by atoms with Crippen molar-refractivity contribution < 1.29 is 26.7 Å². The van der Waals surface area contributed by atoms with Gasteiger partial charge in [-0.05, 0) is 25.0 Å². The molecule has 0 saturated carbocycles. The maximum atomic E-state index is 12.7. The quantitative estimate of drug-likeness (QED) is 0.877. The summed E-state index contributed by atoms with van der Waals surface area (Å²) >= 11 is 0. The van der Waals surface area contributed by atoms with Crippen LogP contribution in [0.2, 0.25) is 0 Å². The van der Waals surface area contributed by atoms with Crippen LogP contribution in [0.3, 0.4) is 0 Å². The predicted octanol–water partition coefficient (Wildman–Crippen LogP) is 1.58. The predicted molar refractivity (Wildman–Crippen MR) is 78.7 cm³/mol. The van der Waals surface area contributed by atoms with Crippen molar-refractivity contribution in [3.63, 3.8) is 0 Å². The third kappa shape index (κ3) is 4.38. The molecule has 1 heterocycles. The summed E-state index contributed by atoms with van der Waals surface area (Å²) in [6.07, 6.45) is 1.24. The lowest BCUT2D eigenvalue weighted by Gasteiger charge is -2.32. The Morgan fingerprint density at radius 1 is 1.39 bits per heavy atom. The number of piperidine rings is 1. The second-order valence-corrected chi connectivity index (χ2v) is 7.13. The highest BCUT2D eigenvalue weighted by molar-refractivity contribution is 7.89. The number of nitrogens with zero attached hydrogens (tertiary/aromatic N) is 1. The van der Waals surface area contributed by atoms with Crippen LogP contribution in [-0.4, -0.2) is 44.4 Å². The van der Waals surface area contributed by atoms with Crippen LogP contribution in [0, 0.1) is 0 Å². The van der Waals surface area contributed by atoms with Crippen LogP contribution in [0.5, 0.6) is 5.75 Å². The fraction of sp³-hybridized carbons (Fsp3) is 0.500. The fourth-order valence-corrected chi connectivity index (χ4v) is 4.21. The Bertz CT molecular complexity index is 666. The first-order valence-electron chi connectivity index (χ1n) is 7.12. The molecule has 0 aliphatic carbocycles. The summed E-state index contributed by atoms with van der Waals surface area (Å²) in [6.45, 7) is -1.38. The average molecular weight is 348 g/mol. The van der Waals surface area contributed by atoms with E-state index in [1.807, 2.05) is 0 Å². The summed E-state index contributed by atoms with van der Waals surface area (Å²) in [5.41, 5.74) is 0. The number of carbonyl (C=O) groups excluding carboxylic acids is 1. The smallest absolute Gasteiger partial charge is 0.387 e. The van der Waals surface area contributed by atoms with Crippen molar-refractivity contribution in [1.29, 1.82) is 0 Å². The number of rotatable bonds is 5. The van der Waals surface area contributed by atoms with E-state index in [0.29, 0.717) is 12.8 Å². The molecule has 9 heteroatoms. The molecule has 0 spiro atoms. The summed E-state index contributed by atoms with van der Waals surface area (Å²) in [6, 6.07) is 5.00. The second kappa shape index (κ2) is 7.22. The van der Waals surface area contributed by atoms with Gasteiger partial charge in [0.15, 0.2) is 0 Å². The Hall–Kier alpha value is -1.74. The fourth-order valence-electron chi connectivity index (χ4n) is 2.56. The highest BCUT2D eigenvalue weighted by Crippen LogP contribution is 2.29. The second-order valence-electron chi connectivity index (χ2n) is 5.23. The van der Waals surface area contributed by atoms with E-state index in [2.05, 4.69) is 10.1 Å². The van der Waals surface area contributed by atoms with Gasteiger partial charge in [-0.3, -0.25) is 4.79 Å². The Morgan fingerprint density at radius 3 is 2.74 bits per heavy atom. The molecule has 1 saturated heterocycles. The minimum absolute atomic E-state index is 0.102. The lowest BCUT2D eigenvalue weighted by atomic mass is 10.1. The number of halogens is 2. The molecule has 0 unspecified atom stereocenters. The summed E-state index contributed by atoms with van der Waals surface area (Å²) in [4.78, 5) is 10.8. The van der Waals surface area contributed by atoms with Crippen LogP contribution in [0.4, 0.5) is 8.78 Å². The van der Waals surface area contributed by atoms with Gasteiger partial charge in [0.2, 0.25) is 15.9 Å². The van der Waals surface area contributed by atoms with Crippen LogP contribution < -0.4 is 10.1 Å².